The van der Waals surface area contributed by atoms with Gasteiger partial charge in [-0.3, -0.25) is 4.79 Å². The quantitative estimate of drug-likeness (QED) is 0.0203. The maximum absolute atomic E-state index is 11.7. The number of rotatable bonds is 29. The van der Waals surface area contributed by atoms with Crippen LogP contribution in [0.4, 0.5) is 0 Å². The van der Waals surface area contributed by atoms with Crippen LogP contribution < -0.4 is 45.7 Å². The van der Waals surface area contributed by atoms with Crippen LogP contribution in [-0.4, -0.2) is 18.9 Å². The van der Waals surface area contributed by atoms with Gasteiger partial charge in [-0.25, -0.2) is 32.2 Å². The number of ketones is 1. The molecule has 0 fully saturated rings. The Morgan fingerprint density at radius 3 is 1.02 bits per heavy atom. The Morgan fingerprint density at radius 1 is 0.259 bits per heavy atom. The Labute approximate surface area is 819 Å². The van der Waals surface area contributed by atoms with Gasteiger partial charge in [0.15, 0.2) is 125 Å². The summed E-state index contributed by atoms with van der Waals surface area (Å²) in [5.41, 5.74) is 26.0. The van der Waals surface area contributed by atoms with E-state index in [1.165, 1.54) is 187 Å². The number of hydrogen-bond donors (Lipinski definition) is 0. The highest BCUT2D eigenvalue weighted by Gasteiger charge is 2.23. The van der Waals surface area contributed by atoms with Crippen LogP contribution in [0, 0.1) is 0 Å². The second-order valence-corrected chi connectivity index (χ2v) is 35.8. The molecular formula is C126H128N10O3+10. The van der Waals surface area contributed by atoms with Gasteiger partial charge in [0, 0.05) is 202 Å². The number of pyridine rings is 10. The van der Waals surface area contributed by atoms with Gasteiger partial charge in [0.2, 0.25) is 33.3 Å². The summed E-state index contributed by atoms with van der Waals surface area (Å²) in [4.78, 5) is 23.3. The van der Waals surface area contributed by atoms with Crippen molar-refractivity contribution in [2.45, 2.75) is 138 Å². The maximum Gasteiger partial charge on any atom is 0.337 e. The summed E-state index contributed by atoms with van der Waals surface area (Å²) in [6.07, 6.45) is 45.6. The van der Waals surface area contributed by atoms with E-state index in [2.05, 4.69) is 464 Å². The fourth-order valence-electron chi connectivity index (χ4n) is 18.3. The molecule has 0 aliphatic heterocycles. The monoisotopic (exact) mass is 1830 g/mol. The molecule has 0 spiro atoms. The summed E-state index contributed by atoms with van der Waals surface area (Å²) >= 11 is 0. The predicted molar refractivity (Wildman–Crippen MR) is 559 cm³/mol. The number of fused-ring (bicyclic) bond motifs is 5. The molecule has 20 rings (SSSR count). The van der Waals surface area contributed by atoms with Gasteiger partial charge >= 0.3 is 5.97 Å². The molecule has 10 aromatic carbocycles. The highest BCUT2D eigenvalue weighted by atomic mass is 16.5. The second-order valence-electron chi connectivity index (χ2n) is 35.8. The Morgan fingerprint density at radius 2 is 0.583 bits per heavy atom. The first kappa shape index (κ1) is 96.3. The summed E-state index contributed by atoms with van der Waals surface area (Å²) in [6, 6.07) is 123. The number of Topliss-reactive ketones (excluding diaryl/α,β-unsaturated/α-hetero) is 1. The number of carbonyl (C=O) groups excluding carboxylic acids is 2. The number of unbranched alkanes of at least 4 members (excludes halogenated alkanes) is 8. The van der Waals surface area contributed by atoms with Crippen molar-refractivity contribution in [3.8, 4) is 61.3 Å². The SMILES string of the molecule is CCCCCCC[n+]1ccc(-c2cc[n+](CCCCCCC)c3ccccc23)cc1.CC[n+]1ccc(-c2cc[n+](-c3ccccc3)c3ccccc23)cc1.COC(=O)c1ccc(C[n+]2ccc(-c3cc[n+](Cc4ccc(C(C)=O)cc4)cc3)c3ccccc32)cc1.C[n+]1ccc(-c2cc[n+](C)c3ccccc23)cc1.c1ccc(C[n+]2ccc(-c3cc[n+](Cc4ccccc4)c4ccccc34)cc2)cc1. The largest absolute Gasteiger partial charge is 0.465 e. The van der Waals surface area contributed by atoms with Crippen LogP contribution in [0.5, 0.6) is 0 Å². The Hall–Kier alpha value is -15.9. The first-order chi connectivity index (χ1) is 68.3. The van der Waals surface area contributed by atoms with E-state index in [9.17, 15) is 9.59 Å². The molecule has 13 nitrogen and oxygen atoms in total. The fraction of sp³-hybridized carbons (Fsp3) is 0.190. The fourth-order valence-corrected chi connectivity index (χ4v) is 18.3. The van der Waals surface area contributed by atoms with Crippen LogP contribution in [0.25, 0.3) is 116 Å². The standard InChI is InChI=1S/C32H28N2O3.C28H24N2.C28H40N2.C22H20N2.C16H16N2/c1-23(35)26-11-7-24(8-12-26)21-33-18-15-27(16-19-33)29-17-20-34(31-6-4-3-5-30(29)31)22-25-9-13-28(14-10-25)32(36)37-2;1-3-9-23(10-4-1)21-29-18-15-25(16-19-29)26-17-20-30(22-24-11-5-2-6-12-24)28-14-8-7-13-27(26)28;1-3-5-7-9-13-20-29-22-17-25(18-23-29)26-19-24-30(21-14-10-8-6-4-2)28-16-12-11-15-27(26)28;1-2-23-15-12-18(13-16-23)20-14-17-24(19-8-4-3-5-9-19)22-11-7-6-10-21(20)22;1-17-10-7-13(8-11-17)14-9-12-18(2)16-6-4-3-5-15(14)16/h3-20H,21-22H2,1-2H3;1-20H,21-22H2;11-12,15-19,22-24H,3-10,13-14,20-21H2,1-2H3;3-17H,2H2,1H3;3-12H,1-2H3/q5*+2. The van der Waals surface area contributed by atoms with Gasteiger partial charge in [-0.05, 0) is 97.0 Å². The van der Waals surface area contributed by atoms with Gasteiger partial charge in [-0.1, -0.05) is 228 Å². The molecule has 0 saturated carbocycles. The van der Waals surface area contributed by atoms with Crippen LogP contribution >= 0.6 is 0 Å². The number of aromatic nitrogens is 10. The number of hydrogen-bond acceptors (Lipinski definition) is 3. The van der Waals surface area contributed by atoms with E-state index in [4.69, 9.17) is 4.74 Å². The lowest BCUT2D eigenvalue weighted by Gasteiger charge is -2.08. The maximum atomic E-state index is 11.7. The predicted octanol–water partition coefficient (Wildman–Crippen LogP) is 23.6. The van der Waals surface area contributed by atoms with Crippen molar-refractivity contribution in [3.05, 3.63) is 478 Å². The molecule has 139 heavy (non-hydrogen) atoms. The topological polar surface area (TPSA) is 82.2 Å². The summed E-state index contributed by atoms with van der Waals surface area (Å²) in [5, 5.41) is 6.35. The highest BCUT2D eigenvalue weighted by molar-refractivity contribution is 5.97. The number of ether oxygens (including phenoxy) is 1. The molecule has 0 saturated heterocycles. The van der Waals surface area contributed by atoms with Crippen molar-refractivity contribution in [2.75, 3.05) is 7.11 Å². The van der Waals surface area contributed by atoms with Crippen molar-refractivity contribution in [1.29, 1.82) is 0 Å². The van der Waals surface area contributed by atoms with Crippen LogP contribution in [-0.2, 0) is 64.6 Å². The highest BCUT2D eigenvalue weighted by Crippen LogP contribution is 2.33. The van der Waals surface area contributed by atoms with E-state index < -0.39 is 0 Å². The first-order valence-electron chi connectivity index (χ1n) is 49.2. The molecule has 0 amide bonds. The van der Waals surface area contributed by atoms with E-state index in [0.717, 1.165) is 67.0 Å². The average Bonchev–Trinajstić information content (AvgIpc) is 0.783. The average molecular weight is 1830 g/mol. The van der Waals surface area contributed by atoms with Gasteiger partial charge in [0.05, 0.1) is 39.6 Å². The van der Waals surface area contributed by atoms with Gasteiger partial charge in [0.1, 0.15) is 33.7 Å². The molecule has 13 heteroatoms. The van der Waals surface area contributed by atoms with Crippen molar-refractivity contribution >= 4 is 66.3 Å². The van der Waals surface area contributed by atoms with E-state index in [1.54, 1.807) is 19.1 Å². The van der Waals surface area contributed by atoms with Gasteiger partial charge in [-0.2, -0.15) is 18.3 Å². The number of aryl methyl sites for hydroxylation is 5. The molecule has 10 heterocycles. The van der Waals surface area contributed by atoms with Crippen LogP contribution in [0.15, 0.2) is 445 Å². The number of nitrogens with zero attached hydrogens (tertiary/aromatic N) is 10. The number of methoxy groups -OCH3 is 1. The van der Waals surface area contributed by atoms with E-state index in [0.29, 0.717) is 12.1 Å². The summed E-state index contributed by atoms with van der Waals surface area (Å²) in [7, 11) is 5.51. The van der Waals surface area contributed by atoms with Crippen LogP contribution in [0.3, 0.4) is 0 Å². The third-order valence-electron chi connectivity index (χ3n) is 26.0. The van der Waals surface area contributed by atoms with Crippen molar-refractivity contribution in [2.24, 2.45) is 14.1 Å². The van der Waals surface area contributed by atoms with Crippen molar-refractivity contribution in [3.63, 3.8) is 0 Å². The number of carbonyl (C=O) groups is 2. The van der Waals surface area contributed by atoms with Crippen molar-refractivity contribution in [1.82, 2.24) is 0 Å². The molecule has 0 atom stereocenters. The van der Waals surface area contributed by atoms with Crippen LogP contribution in [0.2, 0.25) is 0 Å². The summed E-state index contributed by atoms with van der Waals surface area (Å²) in [6.45, 7) is 14.7. The van der Waals surface area contributed by atoms with Crippen LogP contribution in [0.1, 0.15) is 135 Å². The second kappa shape index (κ2) is 48.6. The Balaban J connectivity index is 0.000000128. The number of benzene rings is 10. The summed E-state index contributed by atoms with van der Waals surface area (Å²) in [5.74, 6) is -0.250. The Bertz CT molecular complexity index is 7440. The molecule has 690 valence electrons. The smallest absolute Gasteiger partial charge is 0.337 e. The molecule has 20 aromatic rings. The van der Waals surface area contributed by atoms with Gasteiger partial charge < -0.3 is 4.74 Å². The molecule has 0 bridgehead atoms. The molecule has 0 aliphatic carbocycles. The van der Waals surface area contributed by atoms with Gasteiger partial charge in [0.25, 0.3) is 0 Å². The minimum atomic E-state index is -0.330. The third-order valence-corrected chi connectivity index (χ3v) is 26.0. The molecule has 10 aromatic heterocycles. The first-order valence-corrected chi connectivity index (χ1v) is 49.2. The molecule has 0 unspecified atom stereocenters. The minimum absolute atomic E-state index is 0.0800. The number of para-hydroxylation sites is 6. The Kier molecular flexibility index (Phi) is 33.6. The lowest BCUT2D eigenvalue weighted by Crippen LogP contribution is -2.35. The zero-order valence-corrected chi connectivity index (χ0v) is 81.4. The van der Waals surface area contributed by atoms with E-state index >= 15 is 0 Å². The lowest BCUT2D eigenvalue weighted by molar-refractivity contribution is -0.697. The van der Waals surface area contributed by atoms with E-state index in [1.807, 2.05) is 49.5 Å². The molecular weight excluding hydrogens is 1700 g/mol. The van der Waals surface area contributed by atoms with Crippen molar-refractivity contribution < 1.29 is 60.0 Å². The zero-order chi connectivity index (χ0) is 95.9. The zero-order valence-electron chi connectivity index (χ0n) is 81.4. The lowest BCUT2D eigenvalue weighted by atomic mass is 10.0. The summed E-state index contributed by atoms with van der Waals surface area (Å²) < 4.78 is 27.1. The minimum Gasteiger partial charge on any atom is -0.465 e. The molecule has 0 radical (unpaired) electrons. The van der Waals surface area contributed by atoms with E-state index in [-0.39, 0.29) is 11.8 Å². The third kappa shape index (κ3) is 25.3. The van der Waals surface area contributed by atoms with Gasteiger partial charge in [-0.15, -0.1) is 0 Å². The molecule has 0 aliphatic rings. The number of esters is 1. The molecule has 0 N–H and O–H groups in total. The normalized spacial score (nSPS) is 11.0.